The number of piperidine rings is 2. The number of hydrogen-bond donors (Lipinski definition) is 1. The van der Waals surface area contributed by atoms with E-state index in [1.54, 1.807) is 0 Å². The molecule has 0 spiro atoms. The number of nitrogens with zero attached hydrogens (tertiary/aromatic N) is 2. The Kier molecular flexibility index (Phi) is 12.6. The summed E-state index contributed by atoms with van der Waals surface area (Å²) in [6, 6.07) is 0.558. The smallest absolute Gasteiger partial charge is 0.223 e. The molecule has 2 amide bonds. The monoisotopic (exact) mass is 453 g/mol. The highest BCUT2D eigenvalue weighted by Crippen LogP contribution is 2.24. The minimum atomic E-state index is 0.137. The molecule has 0 aromatic rings. The average molecular weight is 454 g/mol. The van der Waals surface area contributed by atoms with Crippen LogP contribution in [0.25, 0.3) is 0 Å². The normalized spacial score (nSPS) is 19.1. The van der Waals surface area contributed by atoms with Crippen LogP contribution in [-0.4, -0.2) is 86.8 Å². The summed E-state index contributed by atoms with van der Waals surface area (Å²) >= 11 is 0. The van der Waals surface area contributed by atoms with Gasteiger partial charge in [-0.3, -0.25) is 9.59 Å². The van der Waals surface area contributed by atoms with Gasteiger partial charge in [-0.15, -0.1) is 0 Å². The Balaban J connectivity index is 1.38. The van der Waals surface area contributed by atoms with Gasteiger partial charge in [0.25, 0.3) is 0 Å². The SMILES string of the molecule is CC(C)C1CCN(C(=O)CCCOCCOCCNC(=O)C2CCN(C(C)C)CC2)CC1. The van der Waals surface area contributed by atoms with Crippen molar-refractivity contribution in [3.05, 3.63) is 0 Å². The Morgan fingerprint density at radius 1 is 0.875 bits per heavy atom. The van der Waals surface area contributed by atoms with Crippen LogP contribution >= 0.6 is 0 Å². The van der Waals surface area contributed by atoms with E-state index in [9.17, 15) is 9.59 Å². The summed E-state index contributed by atoms with van der Waals surface area (Å²) in [5, 5.41) is 2.99. The molecule has 2 saturated heterocycles. The first-order valence-electron chi connectivity index (χ1n) is 12.8. The van der Waals surface area contributed by atoms with E-state index < -0.39 is 0 Å². The third-order valence-corrected chi connectivity index (χ3v) is 7.06. The molecule has 0 aliphatic carbocycles. The molecule has 2 rings (SSSR count). The van der Waals surface area contributed by atoms with Gasteiger partial charge in [-0.05, 0) is 70.9 Å². The molecule has 2 aliphatic rings. The van der Waals surface area contributed by atoms with Crippen LogP contribution < -0.4 is 5.32 Å². The molecule has 2 fully saturated rings. The van der Waals surface area contributed by atoms with Crippen LogP contribution in [0.5, 0.6) is 0 Å². The largest absolute Gasteiger partial charge is 0.379 e. The van der Waals surface area contributed by atoms with Crippen LogP contribution in [0.1, 0.15) is 66.2 Å². The topological polar surface area (TPSA) is 71.1 Å². The van der Waals surface area contributed by atoms with Crippen molar-refractivity contribution in [2.45, 2.75) is 72.3 Å². The van der Waals surface area contributed by atoms with Crippen molar-refractivity contribution in [2.75, 3.05) is 59.2 Å². The minimum absolute atomic E-state index is 0.137. The van der Waals surface area contributed by atoms with Crippen molar-refractivity contribution in [1.82, 2.24) is 15.1 Å². The molecule has 0 unspecified atom stereocenters. The number of carbonyl (C=O) groups excluding carboxylic acids is 2. The molecule has 32 heavy (non-hydrogen) atoms. The van der Waals surface area contributed by atoms with Crippen LogP contribution in [-0.2, 0) is 19.1 Å². The van der Waals surface area contributed by atoms with Crippen molar-refractivity contribution >= 4 is 11.8 Å². The Labute approximate surface area is 195 Å². The summed E-state index contributed by atoms with van der Waals surface area (Å²) in [6.07, 6.45) is 5.48. The highest BCUT2D eigenvalue weighted by molar-refractivity contribution is 5.78. The summed E-state index contributed by atoms with van der Waals surface area (Å²) in [4.78, 5) is 29.0. The Bertz CT molecular complexity index is 491. The summed E-state index contributed by atoms with van der Waals surface area (Å²) in [7, 11) is 0. The molecule has 0 radical (unpaired) electrons. The molecule has 0 atom stereocenters. The van der Waals surface area contributed by atoms with Gasteiger partial charge in [0, 0.05) is 44.6 Å². The molecule has 186 valence electrons. The van der Waals surface area contributed by atoms with Gasteiger partial charge in [-0.1, -0.05) is 13.8 Å². The lowest BCUT2D eigenvalue weighted by molar-refractivity contribution is -0.133. The predicted octanol–water partition coefficient (Wildman–Crippen LogP) is 2.93. The molecule has 7 nitrogen and oxygen atoms in total. The van der Waals surface area contributed by atoms with Crippen molar-refractivity contribution in [1.29, 1.82) is 0 Å². The molecule has 2 aliphatic heterocycles. The number of hydrogen-bond acceptors (Lipinski definition) is 5. The van der Waals surface area contributed by atoms with Gasteiger partial charge in [0.2, 0.25) is 11.8 Å². The molecule has 0 bridgehead atoms. The zero-order valence-corrected chi connectivity index (χ0v) is 20.9. The van der Waals surface area contributed by atoms with Crippen molar-refractivity contribution < 1.29 is 19.1 Å². The maximum absolute atomic E-state index is 12.3. The summed E-state index contributed by atoms with van der Waals surface area (Å²) in [5.41, 5.74) is 0. The van der Waals surface area contributed by atoms with E-state index >= 15 is 0 Å². The second-order valence-electron chi connectivity index (χ2n) is 9.99. The minimum Gasteiger partial charge on any atom is -0.379 e. The fourth-order valence-corrected chi connectivity index (χ4v) is 4.69. The van der Waals surface area contributed by atoms with Crippen LogP contribution in [0.15, 0.2) is 0 Å². The molecule has 0 saturated carbocycles. The average Bonchev–Trinajstić information content (AvgIpc) is 2.80. The third-order valence-electron chi connectivity index (χ3n) is 7.06. The van der Waals surface area contributed by atoms with Crippen LogP contribution in [0.4, 0.5) is 0 Å². The van der Waals surface area contributed by atoms with Crippen LogP contribution in [0.2, 0.25) is 0 Å². The number of ether oxygens (including phenoxy) is 2. The van der Waals surface area contributed by atoms with Crippen molar-refractivity contribution in [3.8, 4) is 0 Å². The predicted molar refractivity (Wildman–Crippen MR) is 127 cm³/mol. The second-order valence-corrected chi connectivity index (χ2v) is 9.99. The van der Waals surface area contributed by atoms with E-state index in [0.29, 0.717) is 51.4 Å². The first-order chi connectivity index (χ1) is 15.4. The van der Waals surface area contributed by atoms with Gasteiger partial charge < -0.3 is 24.6 Å². The zero-order valence-electron chi connectivity index (χ0n) is 20.9. The Morgan fingerprint density at radius 3 is 2.09 bits per heavy atom. The van der Waals surface area contributed by atoms with Crippen molar-refractivity contribution in [2.24, 2.45) is 17.8 Å². The van der Waals surface area contributed by atoms with E-state index in [4.69, 9.17) is 9.47 Å². The maximum Gasteiger partial charge on any atom is 0.223 e. The van der Waals surface area contributed by atoms with Gasteiger partial charge in [-0.25, -0.2) is 0 Å². The molecule has 7 heteroatoms. The highest BCUT2D eigenvalue weighted by Gasteiger charge is 2.26. The molecular formula is C25H47N3O4. The standard InChI is InChI=1S/C25H47N3O4/c1-20(2)22-7-14-28(15-8-22)24(29)6-5-16-31-18-19-32-17-11-26-25(30)23-9-12-27(13-10-23)21(3)4/h20-23H,5-19H2,1-4H3,(H,26,30). The number of amides is 2. The first-order valence-corrected chi connectivity index (χ1v) is 12.8. The lowest BCUT2D eigenvalue weighted by Gasteiger charge is -2.34. The van der Waals surface area contributed by atoms with Crippen LogP contribution in [0, 0.1) is 17.8 Å². The molecule has 0 aromatic heterocycles. The lowest BCUT2D eigenvalue weighted by Crippen LogP contribution is -2.43. The van der Waals surface area contributed by atoms with Gasteiger partial charge in [0.1, 0.15) is 0 Å². The maximum atomic E-state index is 12.3. The summed E-state index contributed by atoms with van der Waals surface area (Å²) in [6.45, 7) is 15.5. The quantitative estimate of drug-likeness (QED) is 0.434. The lowest BCUT2D eigenvalue weighted by atomic mass is 9.86. The molecule has 0 aromatic carbocycles. The van der Waals surface area contributed by atoms with E-state index in [1.165, 1.54) is 0 Å². The number of nitrogens with one attached hydrogen (secondary N) is 1. The summed E-state index contributed by atoms with van der Waals surface area (Å²) < 4.78 is 11.1. The third kappa shape index (κ3) is 9.75. The van der Waals surface area contributed by atoms with E-state index in [0.717, 1.165) is 64.2 Å². The van der Waals surface area contributed by atoms with Crippen LogP contribution in [0.3, 0.4) is 0 Å². The number of carbonyl (C=O) groups is 2. The molecule has 1 N–H and O–H groups in total. The van der Waals surface area contributed by atoms with E-state index in [2.05, 4.69) is 37.9 Å². The molecular weight excluding hydrogens is 406 g/mol. The first kappa shape index (κ1) is 27.1. The number of likely N-dealkylation sites (tertiary alicyclic amines) is 2. The Morgan fingerprint density at radius 2 is 1.50 bits per heavy atom. The van der Waals surface area contributed by atoms with Gasteiger partial charge in [0.05, 0.1) is 19.8 Å². The van der Waals surface area contributed by atoms with E-state index in [-0.39, 0.29) is 17.7 Å². The molecule has 2 heterocycles. The fraction of sp³-hybridized carbons (Fsp3) is 0.920. The zero-order chi connectivity index (χ0) is 23.3. The van der Waals surface area contributed by atoms with Crippen molar-refractivity contribution in [3.63, 3.8) is 0 Å². The fourth-order valence-electron chi connectivity index (χ4n) is 4.69. The van der Waals surface area contributed by atoms with Gasteiger partial charge >= 0.3 is 0 Å². The number of rotatable bonds is 13. The van der Waals surface area contributed by atoms with Gasteiger partial charge in [0.15, 0.2) is 0 Å². The second kappa shape index (κ2) is 14.9. The van der Waals surface area contributed by atoms with E-state index in [1.807, 2.05) is 4.90 Å². The van der Waals surface area contributed by atoms with Gasteiger partial charge in [-0.2, -0.15) is 0 Å². The highest BCUT2D eigenvalue weighted by atomic mass is 16.5. The Hall–Kier alpha value is -1.18. The summed E-state index contributed by atoms with van der Waals surface area (Å²) in [5.74, 6) is 2.03.